The van der Waals surface area contributed by atoms with Gasteiger partial charge in [0.1, 0.15) is 5.82 Å². The summed E-state index contributed by atoms with van der Waals surface area (Å²) in [6.45, 7) is 11.8. The molecule has 2 aliphatic rings. The van der Waals surface area contributed by atoms with Crippen LogP contribution in [-0.2, 0) is 20.6 Å². The third-order valence-corrected chi connectivity index (χ3v) is 5.29. The van der Waals surface area contributed by atoms with Crippen molar-refractivity contribution >= 4 is 13.2 Å². The topological polar surface area (TPSA) is 30.9 Å². The van der Waals surface area contributed by atoms with Crippen molar-refractivity contribution in [3.8, 4) is 0 Å². The van der Waals surface area contributed by atoms with Gasteiger partial charge in [0.05, 0.1) is 24.4 Å². The third kappa shape index (κ3) is 4.32. The van der Waals surface area contributed by atoms with Crippen molar-refractivity contribution in [2.75, 3.05) is 26.3 Å². The van der Waals surface area contributed by atoms with E-state index in [9.17, 15) is 4.39 Å². The Balaban J connectivity index is 1.63. The molecule has 3 rings (SSSR count). The molecule has 0 spiro atoms. The van der Waals surface area contributed by atoms with E-state index >= 15 is 0 Å². The molecule has 0 saturated carbocycles. The molecular weight excluding hydrogens is 320 g/mol. The fourth-order valence-electron chi connectivity index (χ4n) is 2.95. The van der Waals surface area contributed by atoms with Crippen LogP contribution in [0.3, 0.4) is 0 Å². The van der Waals surface area contributed by atoms with E-state index in [1.165, 1.54) is 0 Å². The number of hydrogen-bond acceptors (Lipinski definition) is 4. The molecule has 0 unspecified atom stereocenters. The summed E-state index contributed by atoms with van der Waals surface area (Å²) in [5.41, 5.74) is 0.789. The van der Waals surface area contributed by atoms with Gasteiger partial charge >= 0.3 is 7.12 Å². The fourth-order valence-corrected chi connectivity index (χ4v) is 2.95. The Morgan fingerprint density at radius 2 is 1.76 bits per heavy atom. The van der Waals surface area contributed by atoms with Crippen molar-refractivity contribution < 1.29 is 18.4 Å². The lowest BCUT2D eigenvalue weighted by molar-refractivity contribution is 0.00578. The summed E-state index contributed by atoms with van der Waals surface area (Å²) in [5, 5.41) is 0. The van der Waals surface area contributed by atoms with Gasteiger partial charge < -0.3 is 14.0 Å². The molecule has 6 heteroatoms. The predicted molar refractivity (Wildman–Crippen MR) is 97.6 cm³/mol. The van der Waals surface area contributed by atoms with E-state index in [1.54, 1.807) is 6.07 Å². The maximum atomic E-state index is 14.4. The lowest BCUT2D eigenvalue weighted by Crippen LogP contribution is -2.41. The summed E-state index contributed by atoms with van der Waals surface area (Å²) < 4.78 is 31.6. The van der Waals surface area contributed by atoms with Gasteiger partial charge in [-0.25, -0.2) is 4.39 Å². The van der Waals surface area contributed by atoms with Crippen LogP contribution in [0.15, 0.2) is 24.2 Å². The van der Waals surface area contributed by atoms with Gasteiger partial charge in [-0.3, -0.25) is 4.90 Å². The molecule has 0 bridgehead atoms. The smallest absolute Gasteiger partial charge is 0.400 e. The van der Waals surface area contributed by atoms with E-state index in [1.807, 2.05) is 51.9 Å². The Bertz CT molecular complexity index is 626. The van der Waals surface area contributed by atoms with Crippen molar-refractivity contribution in [3.05, 3.63) is 41.1 Å². The van der Waals surface area contributed by atoms with Gasteiger partial charge in [0.2, 0.25) is 0 Å². The van der Waals surface area contributed by atoms with Gasteiger partial charge in [-0.2, -0.15) is 0 Å². The highest BCUT2D eigenvalue weighted by Crippen LogP contribution is 2.37. The van der Waals surface area contributed by atoms with Gasteiger partial charge in [-0.1, -0.05) is 24.2 Å². The van der Waals surface area contributed by atoms with Gasteiger partial charge in [-0.05, 0) is 39.3 Å². The highest BCUT2D eigenvalue weighted by Gasteiger charge is 2.49. The largest absolute Gasteiger partial charge is 0.487 e. The first kappa shape index (κ1) is 18.6. The molecule has 1 aromatic carbocycles. The van der Waals surface area contributed by atoms with E-state index in [4.69, 9.17) is 14.0 Å². The average molecular weight is 347 g/mol. The minimum Gasteiger partial charge on any atom is -0.400 e. The highest BCUT2D eigenvalue weighted by molar-refractivity contribution is 6.52. The number of halogens is 1. The van der Waals surface area contributed by atoms with Crippen LogP contribution in [-0.4, -0.2) is 49.5 Å². The zero-order chi connectivity index (χ0) is 18.1. The van der Waals surface area contributed by atoms with Crippen LogP contribution in [0.25, 0.3) is 6.08 Å². The van der Waals surface area contributed by atoms with Crippen molar-refractivity contribution in [1.82, 2.24) is 4.90 Å². The molecule has 1 aromatic rings. The maximum absolute atomic E-state index is 14.4. The lowest BCUT2D eigenvalue weighted by atomic mass is 9.89. The van der Waals surface area contributed by atoms with E-state index in [2.05, 4.69) is 4.90 Å². The van der Waals surface area contributed by atoms with Crippen molar-refractivity contribution in [1.29, 1.82) is 0 Å². The molecule has 0 amide bonds. The zero-order valence-corrected chi connectivity index (χ0v) is 15.5. The van der Waals surface area contributed by atoms with Gasteiger partial charge in [-0.15, -0.1) is 0 Å². The van der Waals surface area contributed by atoms with Crippen LogP contribution in [0.2, 0.25) is 0 Å². The Hall–Kier alpha value is -1.21. The number of rotatable bonds is 4. The maximum Gasteiger partial charge on any atom is 0.487 e. The molecule has 0 radical (unpaired) electrons. The third-order valence-electron chi connectivity index (χ3n) is 5.29. The first-order chi connectivity index (χ1) is 11.8. The van der Waals surface area contributed by atoms with Gasteiger partial charge in [0.15, 0.2) is 0 Å². The van der Waals surface area contributed by atoms with Crippen LogP contribution in [0.5, 0.6) is 0 Å². The molecule has 2 saturated heterocycles. The normalized spacial score (nSPS) is 23.5. The first-order valence-corrected chi connectivity index (χ1v) is 8.89. The second-order valence-electron chi connectivity index (χ2n) is 7.72. The number of hydrogen-bond donors (Lipinski definition) is 0. The van der Waals surface area contributed by atoms with Crippen molar-refractivity contribution in [2.45, 2.75) is 45.4 Å². The Morgan fingerprint density at radius 1 is 1.12 bits per heavy atom. The summed E-state index contributed by atoms with van der Waals surface area (Å²) in [6, 6.07) is 5.35. The molecule has 2 aliphatic heterocycles. The van der Waals surface area contributed by atoms with Crippen LogP contribution < -0.4 is 0 Å². The van der Waals surface area contributed by atoms with Crippen LogP contribution in [0, 0.1) is 5.82 Å². The Kier molecular flexibility index (Phi) is 5.35. The molecular formula is C19H27BFNO3. The van der Waals surface area contributed by atoms with E-state index in [0.717, 1.165) is 37.4 Å². The summed E-state index contributed by atoms with van der Waals surface area (Å²) in [6.07, 6.45) is 1.85. The number of ether oxygens (including phenoxy) is 1. The molecule has 0 aliphatic carbocycles. The molecule has 0 aromatic heterocycles. The standard InChI is InChI=1S/C19H27BFNO3/c1-18(2)19(3,4)25-20(24-18)8-7-15-5-6-16(17(21)13-15)14-22-9-11-23-12-10-22/h5-8,13H,9-12,14H2,1-4H3/b8-7+. The summed E-state index contributed by atoms with van der Waals surface area (Å²) in [7, 11) is -0.416. The van der Waals surface area contributed by atoms with Crippen LogP contribution in [0.1, 0.15) is 38.8 Å². The van der Waals surface area contributed by atoms with Crippen LogP contribution in [0.4, 0.5) is 4.39 Å². The average Bonchev–Trinajstić information content (AvgIpc) is 2.76. The number of morpholine rings is 1. The minimum absolute atomic E-state index is 0.178. The van der Waals surface area contributed by atoms with Crippen molar-refractivity contribution in [2.24, 2.45) is 0 Å². The number of benzene rings is 1. The summed E-state index contributed by atoms with van der Waals surface area (Å²) in [5.74, 6) is 1.66. The molecule has 4 nitrogen and oxygen atoms in total. The fraction of sp³-hybridized carbons (Fsp3) is 0.579. The lowest BCUT2D eigenvalue weighted by Gasteiger charge is -2.32. The summed E-state index contributed by atoms with van der Waals surface area (Å²) in [4.78, 5) is 2.21. The van der Waals surface area contributed by atoms with Crippen LogP contribution >= 0.6 is 0 Å². The summed E-state index contributed by atoms with van der Waals surface area (Å²) >= 11 is 0. The zero-order valence-electron chi connectivity index (χ0n) is 15.5. The quantitative estimate of drug-likeness (QED) is 0.782. The molecule has 2 fully saturated rings. The SMILES string of the molecule is CC1(C)OB(/C=C/c2ccc(CN3CCOCC3)c(F)c2)OC1(C)C. The molecule has 0 atom stereocenters. The predicted octanol–water partition coefficient (Wildman–Crippen LogP) is 3.30. The molecule has 25 heavy (non-hydrogen) atoms. The van der Waals surface area contributed by atoms with E-state index < -0.39 is 7.12 Å². The molecule has 2 heterocycles. The first-order valence-electron chi connectivity index (χ1n) is 8.89. The van der Waals surface area contributed by atoms with E-state index in [-0.39, 0.29) is 17.0 Å². The second kappa shape index (κ2) is 7.19. The highest BCUT2D eigenvalue weighted by atomic mass is 19.1. The monoisotopic (exact) mass is 347 g/mol. The van der Waals surface area contributed by atoms with Crippen molar-refractivity contribution in [3.63, 3.8) is 0 Å². The Morgan fingerprint density at radius 3 is 2.36 bits per heavy atom. The van der Waals surface area contributed by atoms with Gasteiger partial charge in [0.25, 0.3) is 0 Å². The molecule has 136 valence electrons. The Labute approximate surface area is 150 Å². The second-order valence-corrected chi connectivity index (χ2v) is 7.72. The van der Waals surface area contributed by atoms with Gasteiger partial charge in [0, 0.05) is 25.2 Å². The molecule has 0 N–H and O–H groups in total. The van der Waals surface area contributed by atoms with E-state index in [0.29, 0.717) is 6.54 Å². The number of nitrogens with zero attached hydrogens (tertiary/aromatic N) is 1. The minimum atomic E-state index is -0.416.